The topological polar surface area (TPSA) is 326 Å². The maximum absolute atomic E-state index is 12.6. The molecule has 12 fully saturated rings. The summed E-state index contributed by atoms with van der Waals surface area (Å²) < 4.78 is 83.9. The highest BCUT2D eigenvalue weighted by molar-refractivity contribution is 6.93. The maximum atomic E-state index is 12.6. The second-order valence-electron chi connectivity index (χ2n) is 51.8. The van der Waals surface area contributed by atoms with Crippen molar-refractivity contribution in [2.75, 3.05) is 26.4 Å². The fourth-order valence-corrected chi connectivity index (χ4v) is 41.9. The molecule has 12 rings (SSSR count). The van der Waals surface area contributed by atoms with E-state index in [9.17, 15) is 52.7 Å². The Kier molecular flexibility index (Phi) is 53.0. The first kappa shape index (κ1) is 134. The van der Waals surface area contributed by atoms with Crippen LogP contribution >= 0.6 is 0 Å². The maximum Gasteiger partial charge on any atom is 0.347 e. The molecule has 0 spiro atoms. The number of cyclic esters (lactones) is 2. The molecule has 0 aromatic rings. The van der Waals surface area contributed by atoms with Crippen molar-refractivity contribution in [2.45, 2.75) is 526 Å². The SMILES string of the molecule is CCC(C)(C)C(=O)OC(C)(C)C.CCC(C)(C)C(=O)OC(C)(C)C12CC3CC(CC(C3)C1)C2.CCC(C)(C)C(=O)OC1COC(=O)C1.CCC(C)(C)C(=O)OCC[Si]1(C)O[Si](C)(C)O[Si](C)(C)O[Si](C)(C)O1.CCC(C)C(=O)OC(C)(C)C.CCC(C)C(=O)OC(C)(C)C12CC3CC(CC(C3)C1)C2.CCC(C)C(=O)OC1(CC)CCCC1.CCC(C)C(=O)OC1CCOC1=O.CCC(C)C(=O)OCC[Si](C)(C)C. The lowest BCUT2D eigenvalue weighted by molar-refractivity contribution is -0.206. The van der Waals surface area contributed by atoms with E-state index in [0.717, 1.165) is 112 Å². The van der Waals surface area contributed by atoms with E-state index in [0.29, 0.717) is 38.7 Å². The van der Waals surface area contributed by atoms with Crippen molar-refractivity contribution in [3.8, 4) is 0 Å². The smallest absolute Gasteiger partial charge is 0.347 e. The van der Waals surface area contributed by atoms with E-state index >= 15 is 0 Å². The zero-order valence-electron chi connectivity index (χ0n) is 98.7. The third kappa shape index (κ3) is 45.3. The Labute approximate surface area is 874 Å². The molecule has 3 aliphatic heterocycles. The minimum atomic E-state index is -2.57. The molecule has 0 aromatic heterocycles. The standard InChI is InChI=1S/C19H32O2.C18H30O2.C15H36O6Si4.C12H22O2.C10H16O4.C10H22O2Si.C10H20O2.C9H14O4.C9H18O2/c1-6-17(2,3)16(20)21-18(4,5)19-10-13-7-14(11-19)9-15(8-13)12-19;1-5-12(2)16(19)20-17(3,4)18-9-13-6-14(10-18)8-15(7-13)11-18;1-11-15(2,3)14(16)17-12-13-25(10)20-23(6,7)18-22(4,5)19-24(8,9)21-25;1-4-10(3)11(13)14-12(5-2)8-6-7-9-12;1-4-10(2,3)9(12)14-7-5-8(11)13-6-7;1-6-9(2)10(11)12-7-8-13(3,4)5;1-7-10(5,6)8(11)12-9(2,3)4;1-3-6(2)8(10)13-7-4-5-12-9(7)11;1-6-7(2)8(10)11-9(3,4)5/h13-15H,6-12H2,1-5H3;12-15H,5-11H2,1-4H3;11-13H2,1-10H3;10H,4-9H2,1-3H3;7H,4-6H2,1-3H3;9H,6-8H2,1-5H3;7H2,1-6H3;6-7H,3-5H2,1-2H3;7H,6H2,1-5H3. The van der Waals surface area contributed by atoms with Gasteiger partial charge in [-0.1, -0.05) is 123 Å². The van der Waals surface area contributed by atoms with Crippen LogP contribution in [0.1, 0.15) is 408 Å². The summed E-state index contributed by atoms with van der Waals surface area (Å²) in [6.45, 7) is 87.4. The van der Waals surface area contributed by atoms with Crippen molar-refractivity contribution in [3.05, 3.63) is 0 Å². The average molecular weight is 2110 g/mol. The van der Waals surface area contributed by atoms with Crippen LogP contribution in [0.4, 0.5) is 0 Å². The molecule has 31 heteroatoms. The van der Waals surface area contributed by atoms with Gasteiger partial charge in [-0.15, -0.1) is 0 Å². The molecular weight excluding hydrogens is 1900 g/mol. The summed E-state index contributed by atoms with van der Waals surface area (Å²) in [6, 6.07) is 1.65. The minimum absolute atomic E-state index is 0.00347. The molecule has 0 N–H and O–H groups in total. The van der Waals surface area contributed by atoms with E-state index in [1.165, 1.54) is 89.9 Å². The Balaban J connectivity index is 0.000000551. The predicted molar refractivity (Wildman–Crippen MR) is 579 cm³/mol. The van der Waals surface area contributed by atoms with Gasteiger partial charge in [-0.25, -0.2) is 4.79 Å². The molecule has 7 unspecified atom stereocenters. The number of ether oxygens (including phenoxy) is 11. The van der Waals surface area contributed by atoms with Gasteiger partial charge in [0.05, 0.1) is 77.5 Å². The lowest BCUT2D eigenvalue weighted by Gasteiger charge is -2.61. The third-order valence-corrected chi connectivity index (χ3v) is 49.5. The molecule has 3 saturated heterocycles. The van der Waals surface area contributed by atoms with E-state index in [-0.39, 0.29) is 158 Å². The number of hydrogen-bond donors (Lipinski definition) is 0. The Morgan fingerprint density at radius 1 is 0.399 bits per heavy atom. The third-order valence-electron chi connectivity index (χ3n) is 31.5. The summed E-state index contributed by atoms with van der Waals surface area (Å²) in [6.07, 6.45) is 28.8. The molecule has 3 heterocycles. The second-order valence-corrected chi connectivity index (χ2v) is 71.9. The number of esters is 11. The highest BCUT2D eigenvalue weighted by Gasteiger charge is 2.62. The van der Waals surface area contributed by atoms with Crippen LogP contribution in [0.25, 0.3) is 0 Å². The number of rotatable bonds is 32. The minimum Gasteiger partial charge on any atom is -0.466 e. The molecule has 143 heavy (non-hydrogen) atoms. The Morgan fingerprint density at radius 2 is 0.741 bits per heavy atom. The zero-order valence-corrected chi connectivity index (χ0v) is 104. The monoisotopic (exact) mass is 2110 g/mol. The van der Waals surface area contributed by atoms with Crippen molar-refractivity contribution in [1.82, 2.24) is 0 Å². The Bertz CT molecular complexity index is 3890. The van der Waals surface area contributed by atoms with Crippen LogP contribution in [0.2, 0.25) is 77.6 Å². The zero-order chi connectivity index (χ0) is 111. The number of carbonyl (C=O) groups excluding carboxylic acids is 11. The molecule has 0 aromatic carbocycles. The molecule has 26 nitrogen and oxygen atoms in total. The molecule has 9 saturated carbocycles. The quantitative estimate of drug-likeness (QED) is 0.0343. The van der Waals surface area contributed by atoms with Crippen LogP contribution in [0.3, 0.4) is 0 Å². The van der Waals surface area contributed by atoms with E-state index < -0.39 is 65.2 Å². The van der Waals surface area contributed by atoms with Crippen LogP contribution < -0.4 is 0 Å². The predicted octanol–water partition coefficient (Wildman–Crippen LogP) is 27.3. The Morgan fingerprint density at radius 3 is 1.08 bits per heavy atom. The van der Waals surface area contributed by atoms with Crippen molar-refractivity contribution >= 4 is 108 Å². The highest BCUT2D eigenvalue weighted by atomic mass is 28.5. The van der Waals surface area contributed by atoms with Gasteiger partial charge in [0.2, 0.25) is 6.10 Å². The summed E-state index contributed by atoms with van der Waals surface area (Å²) >= 11 is 0. The lowest BCUT2D eigenvalue weighted by atomic mass is 9.46. The molecule has 9 aliphatic carbocycles. The van der Waals surface area contributed by atoms with Crippen molar-refractivity contribution < 1.29 is 121 Å². The first-order chi connectivity index (χ1) is 65.2. The number of hydrogen-bond acceptors (Lipinski definition) is 26. The molecular formula is C112H210O26Si5. The summed E-state index contributed by atoms with van der Waals surface area (Å²) in [7, 11) is -10.6. The number of carbonyl (C=O) groups is 11. The van der Waals surface area contributed by atoms with Gasteiger partial charge in [0.1, 0.15) is 40.7 Å². The van der Waals surface area contributed by atoms with Gasteiger partial charge in [-0.05, 0) is 379 Å². The van der Waals surface area contributed by atoms with E-state index in [1.807, 2.05) is 219 Å². The summed E-state index contributed by atoms with van der Waals surface area (Å²) in [5.74, 6) is 3.71. The van der Waals surface area contributed by atoms with Crippen molar-refractivity contribution in [2.24, 2.45) is 97.6 Å². The van der Waals surface area contributed by atoms with Crippen LogP contribution in [-0.2, 0) is 121 Å². The molecule has 8 bridgehead atoms. The van der Waals surface area contributed by atoms with E-state index in [2.05, 4.69) is 72.8 Å². The van der Waals surface area contributed by atoms with Gasteiger partial charge in [-0.2, -0.15) is 0 Å². The normalized spacial score (nSPS) is 25.6. The van der Waals surface area contributed by atoms with Gasteiger partial charge in [-0.3, -0.25) is 47.9 Å². The molecule has 12 aliphatic rings. The fourth-order valence-electron chi connectivity index (χ4n) is 20.0. The second kappa shape index (κ2) is 56.4. The van der Waals surface area contributed by atoms with Gasteiger partial charge in [0.15, 0.2) is 0 Å². The summed E-state index contributed by atoms with van der Waals surface area (Å²) in [5, 5.41) is 0. The van der Waals surface area contributed by atoms with Crippen molar-refractivity contribution in [3.63, 3.8) is 0 Å². The molecule has 7 atom stereocenters. The van der Waals surface area contributed by atoms with Crippen LogP contribution in [-0.4, -0.2) is 175 Å². The molecule has 0 amide bonds. The van der Waals surface area contributed by atoms with Gasteiger partial charge in [0.25, 0.3) is 0 Å². The first-order valence-corrected chi connectivity index (χ1v) is 69.9. The van der Waals surface area contributed by atoms with E-state index in [1.54, 1.807) is 6.92 Å². The van der Waals surface area contributed by atoms with Gasteiger partial charge < -0.3 is 68.6 Å². The Hall–Kier alpha value is -4.91. The lowest BCUT2D eigenvalue weighted by Crippen LogP contribution is -2.65. The highest BCUT2D eigenvalue weighted by Crippen LogP contribution is 2.66. The fraction of sp³-hybridized carbons (Fsp3) is 0.902. The van der Waals surface area contributed by atoms with Gasteiger partial charge in [0, 0.05) is 31.4 Å². The van der Waals surface area contributed by atoms with Gasteiger partial charge >= 0.3 is 99.9 Å². The summed E-state index contributed by atoms with van der Waals surface area (Å²) in [5.41, 5.74) is -2.57. The van der Waals surface area contributed by atoms with Crippen LogP contribution in [0.5, 0.6) is 0 Å². The van der Waals surface area contributed by atoms with Crippen LogP contribution in [0, 0.1) is 97.6 Å². The van der Waals surface area contributed by atoms with Crippen molar-refractivity contribution in [1.29, 1.82) is 0 Å². The van der Waals surface area contributed by atoms with Crippen LogP contribution in [0.15, 0.2) is 0 Å². The molecule has 834 valence electrons. The average Bonchev–Trinajstić information content (AvgIpc) is 1.68. The first-order valence-electron chi connectivity index (χ1n) is 55.2. The largest absolute Gasteiger partial charge is 0.466 e. The molecule has 0 radical (unpaired) electrons. The van der Waals surface area contributed by atoms with E-state index in [4.69, 9.17) is 63.8 Å². The summed E-state index contributed by atoms with van der Waals surface area (Å²) in [4.78, 5) is 127.